The van der Waals surface area contributed by atoms with Crippen molar-refractivity contribution in [3.63, 3.8) is 0 Å². The summed E-state index contributed by atoms with van der Waals surface area (Å²) in [7, 11) is -0.359. The zero-order valence-corrected chi connectivity index (χ0v) is 20.2. The van der Waals surface area contributed by atoms with E-state index in [4.69, 9.17) is 0 Å². The van der Waals surface area contributed by atoms with Gasteiger partial charge < -0.3 is 31.2 Å². The Hall–Kier alpha value is -0.577. The minimum absolute atomic E-state index is 0. The largest absolute Gasteiger partial charge is 4.00 e. The summed E-state index contributed by atoms with van der Waals surface area (Å²) in [6, 6.07) is 24.8. The van der Waals surface area contributed by atoms with Gasteiger partial charge in [0.25, 0.3) is 0 Å². The zero-order valence-electron chi connectivity index (χ0n) is 15.4. The molecule has 0 bridgehead atoms. The van der Waals surface area contributed by atoms with Crippen LogP contribution in [0.4, 0.5) is 0 Å². The van der Waals surface area contributed by atoms with Gasteiger partial charge in [-0.1, -0.05) is 69.0 Å². The second kappa shape index (κ2) is 10.5. The molecule has 28 heavy (non-hydrogen) atoms. The molecule has 0 N–H and O–H groups in total. The van der Waals surface area contributed by atoms with Crippen molar-refractivity contribution in [2.24, 2.45) is 11.8 Å². The SMILES string of the molecule is C1=CC2[CH-]C(P(c3ccccc3)c3cc4ccccc4[cH-]3)CC2C=C1.[Cl-].[Cl-].[Zr+4]. The van der Waals surface area contributed by atoms with Crippen molar-refractivity contribution in [2.75, 3.05) is 0 Å². The number of allylic oxidation sites excluding steroid dienone is 4. The van der Waals surface area contributed by atoms with Gasteiger partial charge in [-0.05, 0) is 11.2 Å². The van der Waals surface area contributed by atoms with Crippen molar-refractivity contribution >= 4 is 29.3 Å². The van der Waals surface area contributed by atoms with Crippen LogP contribution in [0.5, 0.6) is 0 Å². The van der Waals surface area contributed by atoms with E-state index < -0.39 is 0 Å². The van der Waals surface area contributed by atoms with Gasteiger partial charge in [-0.15, -0.1) is 58.0 Å². The van der Waals surface area contributed by atoms with E-state index >= 15 is 0 Å². The summed E-state index contributed by atoms with van der Waals surface area (Å²) >= 11 is 0. The van der Waals surface area contributed by atoms with E-state index in [0.29, 0.717) is 17.5 Å². The van der Waals surface area contributed by atoms with Gasteiger partial charge in [0, 0.05) is 0 Å². The molecule has 0 nitrogen and oxygen atoms in total. The molecule has 140 valence electrons. The van der Waals surface area contributed by atoms with Crippen LogP contribution in [0, 0.1) is 18.3 Å². The minimum atomic E-state index is -0.359. The maximum atomic E-state index is 2.63. The first kappa shape index (κ1) is 23.7. The Morgan fingerprint density at radius 3 is 2.32 bits per heavy atom. The molecule has 0 radical (unpaired) electrons. The Balaban J connectivity index is 0.000000934. The maximum Gasteiger partial charge on any atom is 4.00 e. The molecule has 3 aromatic rings. The second-order valence-electron chi connectivity index (χ2n) is 7.05. The summed E-state index contributed by atoms with van der Waals surface area (Å²) in [5.41, 5.74) is 0.650. The van der Waals surface area contributed by atoms with Crippen molar-refractivity contribution in [3.05, 3.63) is 97.5 Å². The van der Waals surface area contributed by atoms with Crippen LogP contribution in [0.2, 0.25) is 0 Å². The van der Waals surface area contributed by atoms with E-state index in [1.165, 1.54) is 27.8 Å². The fraction of sp³-hybridized carbons (Fsp3) is 0.167. The summed E-state index contributed by atoms with van der Waals surface area (Å²) in [6.45, 7) is 0. The van der Waals surface area contributed by atoms with Crippen molar-refractivity contribution < 1.29 is 51.0 Å². The molecule has 0 heterocycles. The summed E-state index contributed by atoms with van der Waals surface area (Å²) in [4.78, 5) is 0. The monoisotopic (exact) mass is 500 g/mol. The Morgan fingerprint density at radius 2 is 1.57 bits per heavy atom. The fourth-order valence-electron chi connectivity index (χ4n) is 4.31. The third-order valence-corrected chi connectivity index (χ3v) is 8.22. The molecule has 0 saturated heterocycles. The molecular formula is C24H21Cl2PZr. The van der Waals surface area contributed by atoms with E-state index in [2.05, 4.69) is 97.5 Å². The number of rotatable bonds is 3. The Morgan fingerprint density at radius 1 is 0.857 bits per heavy atom. The Labute approximate surface area is 200 Å². The Kier molecular flexibility index (Phi) is 8.85. The van der Waals surface area contributed by atoms with Gasteiger partial charge in [0.05, 0.1) is 0 Å². The summed E-state index contributed by atoms with van der Waals surface area (Å²) in [6.07, 6.45) is 13.1. The average molecular weight is 503 g/mol. The fourth-order valence-corrected chi connectivity index (χ4v) is 7.25. The van der Waals surface area contributed by atoms with E-state index in [9.17, 15) is 0 Å². The van der Waals surface area contributed by atoms with Gasteiger partial charge in [0.15, 0.2) is 0 Å². The molecule has 2 aliphatic carbocycles. The number of hydrogen-bond acceptors (Lipinski definition) is 0. The minimum Gasteiger partial charge on any atom is -1.00 e. The molecular weight excluding hydrogens is 481 g/mol. The first-order valence-electron chi connectivity index (χ1n) is 9.08. The predicted octanol–water partition coefficient (Wildman–Crippen LogP) is -0.668. The summed E-state index contributed by atoms with van der Waals surface area (Å²) in [5, 5.41) is 5.77. The van der Waals surface area contributed by atoms with Gasteiger partial charge in [0.1, 0.15) is 0 Å². The molecule has 0 aliphatic heterocycles. The van der Waals surface area contributed by atoms with Crippen molar-refractivity contribution in [3.8, 4) is 0 Å². The van der Waals surface area contributed by atoms with Crippen LogP contribution in [0.15, 0.2) is 91.0 Å². The van der Waals surface area contributed by atoms with Crippen LogP contribution >= 0.6 is 7.92 Å². The topological polar surface area (TPSA) is 0 Å². The van der Waals surface area contributed by atoms with Crippen LogP contribution in [0.25, 0.3) is 10.8 Å². The molecule has 2 aliphatic rings. The smallest absolute Gasteiger partial charge is 1.00 e. The molecule has 0 aromatic heterocycles. The van der Waals surface area contributed by atoms with Crippen molar-refractivity contribution in [1.82, 2.24) is 0 Å². The third kappa shape index (κ3) is 4.60. The maximum absolute atomic E-state index is 2.63. The number of hydrogen-bond donors (Lipinski definition) is 0. The number of halogens is 2. The zero-order chi connectivity index (χ0) is 16.6. The van der Waals surface area contributed by atoms with Crippen LogP contribution in [0.1, 0.15) is 6.42 Å². The van der Waals surface area contributed by atoms with Crippen LogP contribution in [0.3, 0.4) is 0 Å². The van der Waals surface area contributed by atoms with Gasteiger partial charge in [-0.3, -0.25) is 0 Å². The first-order valence-corrected chi connectivity index (χ1v) is 10.5. The van der Waals surface area contributed by atoms with E-state index in [1.807, 2.05) is 0 Å². The molecule has 1 fully saturated rings. The predicted molar refractivity (Wildman–Crippen MR) is 110 cm³/mol. The van der Waals surface area contributed by atoms with Gasteiger partial charge in [-0.2, -0.15) is 6.07 Å². The normalized spacial score (nSPS) is 23.2. The van der Waals surface area contributed by atoms with Crippen LogP contribution in [-0.4, -0.2) is 5.66 Å². The average Bonchev–Trinajstić information content (AvgIpc) is 3.26. The number of benzene rings is 2. The number of fused-ring (bicyclic) bond motifs is 2. The van der Waals surface area contributed by atoms with Crippen LogP contribution < -0.4 is 35.4 Å². The molecule has 4 heteroatoms. The second-order valence-corrected chi connectivity index (χ2v) is 9.49. The summed E-state index contributed by atoms with van der Waals surface area (Å²) in [5.74, 6) is 1.31. The third-order valence-electron chi connectivity index (χ3n) is 5.50. The van der Waals surface area contributed by atoms with Crippen molar-refractivity contribution in [2.45, 2.75) is 12.1 Å². The molecule has 3 aromatic carbocycles. The van der Waals surface area contributed by atoms with Gasteiger partial charge in [-0.25, -0.2) is 0 Å². The van der Waals surface area contributed by atoms with E-state index in [1.54, 1.807) is 0 Å². The first-order chi connectivity index (χ1) is 12.4. The van der Waals surface area contributed by atoms with E-state index in [-0.39, 0.29) is 58.9 Å². The molecule has 0 spiro atoms. The standard InChI is InChI=1S/C24H21P.2ClH.Zr/c1-2-12-22(13-3-1)25(23-14-18-8-4-5-9-19(18)15-23)24-16-20-10-6-7-11-21(20)17-24;;;/h1-16,20-21,24H,17H2;2*1H;/q-2;;;+4/p-2. The van der Waals surface area contributed by atoms with Crippen molar-refractivity contribution in [1.29, 1.82) is 0 Å². The molecule has 4 atom stereocenters. The molecule has 0 amide bonds. The molecule has 4 unspecified atom stereocenters. The van der Waals surface area contributed by atoms with Crippen LogP contribution in [-0.2, 0) is 26.2 Å². The quantitative estimate of drug-likeness (QED) is 0.330. The Bertz CT molecular complexity index is 894. The molecule has 1 saturated carbocycles. The summed E-state index contributed by atoms with van der Waals surface area (Å²) < 4.78 is 0. The van der Waals surface area contributed by atoms with Gasteiger partial charge in [0.2, 0.25) is 0 Å². The van der Waals surface area contributed by atoms with E-state index in [0.717, 1.165) is 0 Å². The van der Waals surface area contributed by atoms with Gasteiger partial charge >= 0.3 is 26.2 Å². The molecule has 5 rings (SSSR count).